The molecule has 0 aromatic heterocycles. The van der Waals surface area contributed by atoms with Crippen molar-refractivity contribution >= 4 is 5.91 Å². The first-order valence-electron chi connectivity index (χ1n) is 7.47. The quantitative estimate of drug-likeness (QED) is 0.681. The molecular weight excluding hydrogens is 226 g/mol. The molecule has 18 heavy (non-hydrogen) atoms. The molecule has 1 aliphatic rings. The molecular formula is C14H29N3O. The number of carbonyl (C=O) groups excluding carboxylic acids is 1. The van der Waals surface area contributed by atoms with Crippen molar-refractivity contribution in [2.24, 2.45) is 0 Å². The minimum absolute atomic E-state index is 0.0752. The van der Waals surface area contributed by atoms with Gasteiger partial charge in [0.15, 0.2) is 0 Å². The standard InChI is InChI=1S/C14H29N3O/c1-4-7-8-13-14(18)17(12-15-13)11-10-16(6-3)9-5-2/h13,15H,4-12H2,1-3H3. The highest BCUT2D eigenvalue weighted by Crippen LogP contribution is 2.10. The van der Waals surface area contributed by atoms with Crippen LogP contribution in [0.4, 0.5) is 0 Å². The zero-order valence-corrected chi connectivity index (χ0v) is 12.2. The van der Waals surface area contributed by atoms with E-state index in [4.69, 9.17) is 0 Å². The van der Waals surface area contributed by atoms with Gasteiger partial charge >= 0.3 is 0 Å². The molecule has 106 valence electrons. The van der Waals surface area contributed by atoms with Crippen LogP contribution >= 0.6 is 0 Å². The van der Waals surface area contributed by atoms with Crippen LogP contribution in [0.3, 0.4) is 0 Å². The van der Waals surface area contributed by atoms with Gasteiger partial charge in [0, 0.05) is 13.1 Å². The SMILES string of the molecule is CCCCC1NCN(CCN(CC)CCC)C1=O. The zero-order chi connectivity index (χ0) is 13.4. The average molecular weight is 255 g/mol. The van der Waals surface area contributed by atoms with Crippen LogP contribution in [0.15, 0.2) is 0 Å². The van der Waals surface area contributed by atoms with Crippen LogP contribution in [0.25, 0.3) is 0 Å². The van der Waals surface area contributed by atoms with Crippen molar-refractivity contribution < 1.29 is 4.79 Å². The van der Waals surface area contributed by atoms with E-state index >= 15 is 0 Å². The molecule has 1 unspecified atom stereocenters. The molecule has 1 saturated heterocycles. The van der Waals surface area contributed by atoms with Crippen LogP contribution in [-0.4, -0.2) is 54.6 Å². The Bertz CT molecular complexity index is 245. The van der Waals surface area contributed by atoms with Gasteiger partial charge in [-0.2, -0.15) is 0 Å². The van der Waals surface area contributed by atoms with E-state index in [1.54, 1.807) is 0 Å². The Hall–Kier alpha value is -0.610. The summed E-state index contributed by atoms with van der Waals surface area (Å²) in [6.07, 6.45) is 4.46. The molecule has 4 heteroatoms. The Morgan fingerprint density at radius 1 is 1.28 bits per heavy atom. The molecule has 1 amide bonds. The van der Waals surface area contributed by atoms with E-state index in [0.29, 0.717) is 5.91 Å². The summed E-state index contributed by atoms with van der Waals surface area (Å²) in [6, 6.07) is 0.0752. The number of nitrogens with one attached hydrogen (secondary N) is 1. The first-order chi connectivity index (χ1) is 8.72. The van der Waals surface area contributed by atoms with Gasteiger partial charge in [-0.15, -0.1) is 0 Å². The van der Waals surface area contributed by atoms with E-state index in [2.05, 4.69) is 31.0 Å². The van der Waals surface area contributed by atoms with Gasteiger partial charge in [0.05, 0.1) is 12.7 Å². The molecule has 0 radical (unpaired) electrons. The Balaban J connectivity index is 2.29. The van der Waals surface area contributed by atoms with Gasteiger partial charge < -0.3 is 9.80 Å². The third-order valence-electron chi connectivity index (χ3n) is 3.66. The molecule has 1 aliphatic heterocycles. The lowest BCUT2D eigenvalue weighted by Gasteiger charge is -2.23. The molecule has 4 nitrogen and oxygen atoms in total. The van der Waals surface area contributed by atoms with Gasteiger partial charge in [-0.05, 0) is 25.9 Å². The van der Waals surface area contributed by atoms with Crippen LogP contribution in [0.1, 0.15) is 46.5 Å². The predicted molar refractivity (Wildman–Crippen MR) is 75.4 cm³/mol. The number of nitrogens with zero attached hydrogens (tertiary/aromatic N) is 2. The Morgan fingerprint density at radius 2 is 2.06 bits per heavy atom. The third-order valence-corrected chi connectivity index (χ3v) is 3.66. The molecule has 0 aromatic carbocycles. The second-order valence-electron chi connectivity index (χ2n) is 5.09. The van der Waals surface area contributed by atoms with Crippen LogP contribution < -0.4 is 5.32 Å². The molecule has 0 spiro atoms. The van der Waals surface area contributed by atoms with Gasteiger partial charge in [-0.3, -0.25) is 10.1 Å². The summed E-state index contributed by atoms with van der Waals surface area (Å²) < 4.78 is 0. The molecule has 0 bridgehead atoms. The molecule has 1 fully saturated rings. The van der Waals surface area contributed by atoms with Crippen LogP contribution in [0, 0.1) is 0 Å². The number of hydrogen-bond donors (Lipinski definition) is 1. The van der Waals surface area contributed by atoms with E-state index in [9.17, 15) is 4.79 Å². The van der Waals surface area contributed by atoms with Crippen molar-refractivity contribution in [2.75, 3.05) is 32.8 Å². The van der Waals surface area contributed by atoms with Crippen molar-refractivity contribution in [1.82, 2.24) is 15.1 Å². The van der Waals surface area contributed by atoms with Gasteiger partial charge in [-0.1, -0.05) is 33.6 Å². The lowest BCUT2D eigenvalue weighted by molar-refractivity contribution is -0.129. The van der Waals surface area contributed by atoms with E-state index in [1.165, 1.54) is 6.42 Å². The molecule has 0 aliphatic carbocycles. The smallest absolute Gasteiger partial charge is 0.240 e. The Labute approximate surface area is 112 Å². The average Bonchev–Trinajstić information content (AvgIpc) is 2.73. The first-order valence-corrected chi connectivity index (χ1v) is 7.47. The summed E-state index contributed by atoms with van der Waals surface area (Å²) in [5.74, 6) is 0.302. The van der Waals surface area contributed by atoms with Gasteiger partial charge in [0.2, 0.25) is 5.91 Å². The maximum Gasteiger partial charge on any atom is 0.240 e. The lowest BCUT2D eigenvalue weighted by atomic mass is 10.1. The first kappa shape index (κ1) is 15.4. The molecule has 1 heterocycles. The fourth-order valence-corrected chi connectivity index (χ4v) is 2.44. The van der Waals surface area contributed by atoms with Crippen molar-refractivity contribution in [3.8, 4) is 0 Å². The maximum atomic E-state index is 12.1. The normalized spacial score (nSPS) is 20.1. The lowest BCUT2D eigenvalue weighted by Crippen LogP contribution is -2.37. The topological polar surface area (TPSA) is 35.6 Å². The van der Waals surface area contributed by atoms with E-state index < -0.39 is 0 Å². The number of carbonyl (C=O) groups is 1. The molecule has 0 aromatic rings. The fraction of sp³-hybridized carbons (Fsp3) is 0.929. The number of amides is 1. The minimum Gasteiger partial charge on any atom is -0.327 e. The fourth-order valence-electron chi connectivity index (χ4n) is 2.44. The summed E-state index contributed by atoms with van der Waals surface area (Å²) >= 11 is 0. The number of likely N-dealkylation sites (N-methyl/N-ethyl adjacent to an activating group) is 1. The summed E-state index contributed by atoms with van der Waals surface area (Å²) in [6.45, 7) is 11.3. The monoisotopic (exact) mass is 255 g/mol. The molecule has 1 atom stereocenters. The highest BCUT2D eigenvalue weighted by atomic mass is 16.2. The third kappa shape index (κ3) is 4.58. The minimum atomic E-state index is 0.0752. The largest absolute Gasteiger partial charge is 0.327 e. The highest BCUT2D eigenvalue weighted by Gasteiger charge is 2.29. The summed E-state index contributed by atoms with van der Waals surface area (Å²) in [5, 5.41) is 3.32. The number of unbranched alkanes of at least 4 members (excludes halogenated alkanes) is 1. The molecule has 1 N–H and O–H groups in total. The Kier molecular flexibility index (Phi) is 7.28. The zero-order valence-electron chi connectivity index (χ0n) is 12.2. The van der Waals surface area contributed by atoms with Crippen molar-refractivity contribution in [1.29, 1.82) is 0 Å². The van der Waals surface area contributed by atoms with E-state index in [0.717, 1.165) is 52.1 Å². The number of rotatable bonds is 9. The van der Waals surface area contributed by atoms with Crippen LogP contribution in [0.5, 0.6) is 0 Å². The van der Waals surface area contributed by atoms with Crippen molar-refractivity contribution in [3.05, 3.63) is 0 Å². The van der Waals surface area contributed by atoms with E-state index in [-0.39, 0.29) is 6.04 Å². The second kappa shape index (κ2) is 8.48. The van der Waals surface area contributed by atoms with Gasteiger partial charge in [-0.25, -0.2) is 0 Å². The predicted octanol–water partition coefficient (Wildman–Crippen LogP) is 1.67. The second-order valence-corrected chi connectivity index (χ2v) is 5.09. The summed E-state index contributed by atoms with van der Waals surface area (Å²) in [5.41, 5.74) is 0. The van der Waals surface area contributed by atoms with Gasteiger partial charge in [0.1, 0.15) is 0 Å². The number of hydrogen-bond acceptors (Lipinski definition) is 3. The van der Waals surface area contributed by atoms with Crippen molar-refractivity contribution in [2.45, 2.75) is 52.5 Å². The molecule has 0 saturated carbocycles. The van der Waals surface area contributed by atoms with Crippen LogP contribution in [0.2, 0.25) is 0 Å². The van der Waals surface area contributed by atoms with Crippen LogP contribution in [-0.2, 0) is 4.79 Å². The molecule has 1 rings (SSSR count). The van der Waals surface area contributed by atoms with Gasteiger partial charge in [0.25, 0.3) is 0 Å². The van der Waals surface area contributed by atoms with E-state index in [1.807, 2.05) is 4.90 Å². The highest BCUT2D eigenvalue weighted by molar-refractivity contribution is 5.83. The Morgan fingerprint density at radius 3 is 2.67 bits per heavy atom. The van der Waals surface area contributed by atoms with Crippen molar-refractivity contribution in [3.63, 3.8) is 0 Å². The summed E-state index contributed by atoms with van der Waals surface area (Å²) in [7, 11) is 0. The summed E-state index contributed by atoms with van der Waals surface area (Å²) in [4.78, 5) is 16.5. The maximum absolute atomic E-state index is 12.1.